The van der Waals surface area contributed by atoms with E-state index in [0.29, 0.717) is 9.80 Å². The quantitative estimate of drug-likeness (QED) is 0.0917. The molecule has 2 atom stereocenters. The normalized spacial score (nSPS) is 16.2. The van der Waals surface area contributed by atoms with E-state index in [1.807, 2.05) is 103 Å². The smallest absolute Gasteiger partial charge is 0.260 e. The van der Waals surface area contributed by atoms with Crippen LogP contribution in [-0.2, 0) is 36.1 Å². The number of rotatable bonds is 13. The Morgan fingerprint density at radius 1 is 0.639 bits per heavy atom. The average Bonchev–Trinajstić information content (AvgIpc) is 3.72. The summed E-state index contributed by atoms with van der Waals surface area (Å²) in [7, 11) is -9.24. The van der Waals surface area contributed by atoms with Gasteiger partial charge in [-0.1, -0.05) is 121 Å². The first-order valence-electron chi connectivity index (χ1n) is 19.2. The first kappa shape index (κ1) is 41.9. The fourth-order valence-corrected chi connectivity index (χ4v) is 12.6. The van der Waals surface area contributed by atoms with Gasteiger partial charge in [-0.3, -0.25) is 10.2 Å². The minimum atomic E-state index is -4.78. The molecule has 1 saturated heterocycles. The largest absolute Gasteiger partial charge is 0.273 e. The molecule has 8 nitrogen and oxygen atoms in total. The van der Waals surface area contributed by atoms with Crippen molar-refractivity contribution in [3.05, 3.63) is 216 Å². The number of nitrogens with zero attached hydrogens (tertiary/aromatic N) is 2. The van der Waals surface area contributed by atoms with Crippen molar-refractivity contribution < 1.29 is 34.8 Å². The maximum Gasteiger partial charge on any atom is 0.260 e. The van der Waals surface area contributed by atoms with E-state index in [9.17, 15) is 30.4 Å². The third kappa shape index (κ3) is 8.46. The number of carbonyl (C=O) groups is 1. The molecule has 1 amide bonds. The summed E-state index contributed by atoms with van der Waals surface area (Å²) in [6, 6.07) is 45.9. The van der Waals surface area contributed by atoms with Crippen molar-refractivity contribution in [1.82, 2.24) is 14.1 Å². The molecule has 310 valence electrons. The van der Waals surface area contributed by atoms with Crippen molar-refractivity contribution >= 4 is 48.5 Å². The minimum absolute atomic E-state index is 0.0731. The first-order valence-corrected chi connectivity index (χ1v) is 23.0. The number of benzene rings is 7. The van der Waals surface area contributed by atoms with Crippen molar-refractivity contribution in [2.24, 2.45) is 0 Å². The predicted octanol–water partition coefficient (Wildman–Crippen LogP) is 9.04. The lowest BCUT2D eigenvalue weighted by Crippen LogP contribution is -2.53. The minimum Gasteiger partial charge on any atom is -0.273 e. The standard InChI is InChI=1S/C47H38F3N3O5S3/c48-39-21-25-42(26-22-39)61(57,58)53(31-35-28-40(49)23-27-44(35)50)51-46(54)45-30-41(32-52(45)60(55,56)43-24-20-33-12-10-11-13-34(33)29-43)59-47(36-14-4-1-5-15-36,37-16-6-2-7-17-37)38-18-8-3-9-19-38/h1-29,41,45H,30-32H2,(H,51,54)/t41-,45+/m1/s1. The highest BCUT2D eigenvalue weighted by molar-refractivity contribution is 8.01. The predicted molar refractivity (Wildman–Crippen MR) is 230 cm³/mol. The lowest BCUT2D eigenvalue weighted by atomic mass is 9.84. The molecule has 0 saturated carbocycles. The van der Waals surface area contributed by atoms with Gasteiger partial charge in [0.1, 0.15) is 23.5 Å². The molecule has 14 heteroatoms. The zero-order chi connectivity index (χ0) is 42.8. The highest BCUT2D eigenvalue weighted by atomic mass is 32.2. The van der Waals surface area contributed by atoms with E-state index in [4.69, 9.17) is 0 Å². The van der Waals surface area contributed by atoms with Crippen LogP contribution in [0, 0.1) is 17.5 Å². The molecule has 1 fully saturated rings. The van der Waals surface area contributed by atoms with Gasteiger partial charge < -0.3 is 0 Å². The molecule has 0 spiro atoms. The molecule has 1 N–H and O–H groups in total. The Bertz CT molecular complexity index is 2810. The van der Waals surface area contributed by atoms with E-state index in [-0.39, 0.29) is 17.9 Å². The van der Waals surface area contributed by atoms with Gasteiger partial charge in [0.05, 0.1) is 21.1 Å². The Hall–Kier alpha value is -5.77. The third-order valence-electron chi connectivity index (χ3n) is 10.7. The van der Waals surface area contributed by atoms with E-state index in [1.54, 1.807) is 18.2 Å². The third-order valence-corrected chi connectivity index (χ3v) is 16.0. The van der Waals surface area contributed by atoms with Crippen LogP contribution in [0.5, 0.6) is 0 Å². The van der Waals surface area contributed by atoms with Crippen LogP contribution in [0.25, 0.3) is 10.8 Å². The van der Waals surface area contributed by atoms with Gasteiger partial charge >= 0.3 is 0 Å². The van der Waals surface area contributed by atoms with Crippen LogP contribution < -0.4 is 5.43 Å². The van der Waals surface area contributed by atoms with Crippen LogP contribution >= 0.6 is 11.8 Å². The van der Waals surface area contributed by atoms with Crippen molar-refractivity contribution in [3.8, 4) is 0 Å². The summed E-state index contributed by atoms with van der Waals surface area (Å²) < 4.78 is 102. The van der Waals surface area contributed by atoms with E-state index >= 15 is 4.39 Å². The maximum absolute atomic E-state index is 15.1. The van der Waals surface area contributed by atoms with Gasteiger partial charge in [-0.05, 0) is 88.5 Å². The Morgan fingerprint density at radius 2 is 1.16 bits per heavy atom. The second-order valence-electron chi connectivity index (χ2n) is 14.5. The second kappa shape index (κ2) is 17.3. The molecule has 0 bridgehead atoms. The second-order valence-corrected chi connectivity index (χ2v) is 19.8. The Kier molecular flexibility index (Phi) is 11.9. The summed E-state index contributed by atoms with van der Waals surface area (Å²) in [5.41, 5.74) is 4.68. The average molecular weight is 878 g/mol. The number of hydrogen-bond acceptors (Lipinski definition) is 6. The summed E-state index contributed by atoms with van der Waals surface area (Å²) >= 11 is 1.48. The molecule has 1 aliphatic heterocycles. The lowest BCUT2D eigenvalue weighted by Gasteiger charge is -2.37. The van der Waals surface area contributed by atoms with Crippen LogP contribution in [0.15, 0.2) is 186 Å². The summed E-state index contributed by atoms with van der Waals surface area (Å²) in [6.07, 6.45) is -0.0731. The van der Waals surface area contributed by atoms with Crippen LogP contribution in [0.4, 0.5) is 13.2 Å². The number of fused-ring (bicyclic) bond motifs is 1. The number of halogens is 3. The van der Waals surface area contributed by atoms with E-state index in [2.05, 4.69) is 5.43 Å². The summed E-state index contributed by atoms with van der Waals surface area (Å²) in [5, 5.41) is 0.879. The summed E-state index contributed by atoms with van der Waals surface area (Å²) in [5.74, 6) is -3.57. The van der Waals surface area contributed by atoms with Crippen molar-refractivity contribution in [3.63, 3.8) is 0 Å². The molecule has 8 rings (SSSR count). The Labute approximate surface area is 356 Å². The lowest BCUT2D eigenvalue weighted by molar-refractivity contribution is -0.127. The SMILES string of the molecule is O=C(NN(Cc1cc(F)ccc1F)S(=O)(=O)c1ccc(F)cc1)[C@@H]1C[C@@H](SC(c2ccccc2)(c2ccccc2)c2ccccc2)CN1S(=O)(=O)c1ccc2ccccc2c1. The van der Waals surface area contributed by atoms with Gasteiger partial charge in [0, 0.05) is 17.4 Å². The number of hydrogen-bond donors (Lipinski definition) is 1. The Morgan fingerprint density at radius 3 is 1.75 bits per heavy atom. The van der Waals surface area contributed by atoms with Crippen molar-refractivity contribution in [1.29, 1.82) is 0 Å². The van der Waals surface area contributed by atoms with Gasteiger partial charge in [-0.15, -0.1) is 16.2 Å². The van der Waals surface area contributed by atoms with Crippen LogP contribution in [0.3, 0.4) is 0 Å². The molecular weight excluding hydrogens is 840 g/mol. The number of hydrazine groups is 1. The van der Waals surface area contributed by atoms with Crippen LogP contribution in [0.2, 0.25) is 0 Å². The maximum atomic E-state index is 15.1. The van der Waals surface area contributed by atoms with Crippen LogP contribution in [0.1, 0.15) is 28.7 Å². The summed E-state index contributed by atoms with van der Waals surface area (Å²) in [4.78, 5) is 14.3. The number of nitrogens with one attached hydrogen (secondary N) is 1. The molecule has 61 heavy (non-hydrogen) atoms. The fourth-order valence-electron chi connectivity index (χ4n) is 7.73. The molecule has 1 aliphatic rings. The number of sulfonamides is 2. The molecule has 7 aromatic rings. The zero-order valence-electron chi connectivity index (χ0n) is 32.3. The monoisotopic (exact) mass is 877 g/mol. The molecule has 1 heterocycles. The van der Waals surface area contributed by atoms with Crippen LogP contribution in [-0.4, -0.2) is 49.3 Å². The van der Waals surface area contributed by atoms with Gasteiger partial charge in [0.2, 0.25) is 10.0 Å². The van der Waals surface area contributed by atoms with Gasteiger partial charge in [-0.25, -0.2) is 30.0 Å². The molecule has 0 aliphatic carbocycles. The van der Waals surface area contributed by atoms with Gasteiger partial charge in [0.25, 0.3) is 15.9 Å². The first-order chi connectivity index (χ1) is 29.4. The molecule has 0 radical (unpaired) electrons. The highest BCUT2D eigenvalue weighted by Crippen LogP contribution is 2.52. The van der Waals surface area contributed by atoms with E-state index < -0.39 is 76.4 Å². The molecular formula is C47H38F3N3O5S3. The topological polar surface area (TPSA) is 104 Å². The highest BCUT2D eigenvalue weighted by Gasteiger charge is 2.49. The zero-order valence-corrected chi connectivity index (χ0v) is 34.8. The van der Waals surface area contributed by atoms with Crippen molar-refractivity contribution in [2.45, 2.75) is 38.8 Å². The number of carbonyl (C=O) groups excluding carboxylic acids is 1. The fraction of sp³-hybridized carbons (Fsp3) is 0.128. The number of amides is 1. The molecule has 7 aromatic carbocycles. The molecule has 0 unspecified atom stereocenters. The Balaban J connectivity index is 1.23. The van der Waals surface area contributed by atoms with Crippen molar-refractivity contribution in [2.75, 3.05) is 6.54 Å². The van der Waals surface area contributed by atoms with Gasteiger partial charge in [0.15, 0.2) is 0 Å². The number of thioether (sulfide) groups is 1. The van der Waals surface area contributed by atoms with E-state index in [0.717, 1.165) is 68.8 Å². The molecule has 0 aromatic heterocycles. The summed E-state index contributed by atoms with van der Waals surface area (Å²) in [6.45, 7) is -1.04. The van der Waals surface area contributed by atoms with E-state index in [1.165, 1.54) is 23.9 Å². The van der Waals surface area contributed by atoms with Gasteiger partial charge in [-0.2, -0.15) is 4.31 Å².